The summed E-state index contributed by atoms with van der Waals surface area (Å²) >= 11 is 2.29. The molecular weight excluding hydrogens is 406 g/mol. The third-order valence-electron chi connectivity index (χ3n) is 4.17. The molecule has 1 N–H and O–H groups in total. The van der Waals surface area contributed by atoms with E-state index < -0.39 is 0 Å². The van der Waals surface area contributed by atoms with Crippen LogP contribution >= 0.6 is 22.6 Å². The highest BCUT2D eigenvalue weighted by molar-refractivity contribution is 14.1. The van der Waals surface area contributed by atoms with E-state index in [9.17, 15) is 4.39 Å². The predicted octanol–water partition coefficient (Wildman–Crippen LogP) is 4.17. The van der Waals surface area contributed by atoms with Crippen molar-refractivity contribution in [3.63, 3.8) is 0 Å². The van der Waals surface area contributed by atoms with Crippen LogP contribution < -0.4 is 5.32 Å². The molecule has 23 heavy (non-hydrogen) atoms. The monoisotopic (exact) mass is 420 g/mol. The Hall–Kier alpha value is -1.96. The summed E-state index contributed by atoms with van der Waals surface area (Å²) in [5.74, 6) is 0.468. The predicted molar refractivity (Wildman–Crippen MR) is 94.7 cm³/mol. The minimum atomic E-state index is -0.206. The Labute approximate surface area is 146 Å². The van der Waals surface area contributed by atoms with Crippen molar-refractivity contribution in [3.8, 4) is 0 Å². The molecule has 2 aromatic carbocycles. The van der Waals surface area contributed by atoms with E-state index in [0.717, 1.165) is 6.42 Å². The minimum Gasteiger partial charge on any atom is -0.348 e. The van der Waals surface area contributed by atoms with Crippen molar-refractivity contribution < 1.29 is 4.39 Å². The van der Waals surface area contributed by atoms with Gasteiger partial charge in [-0.1, -0.05) is 30.3 Å². The van der Waals surface area contributed by atoms with E-state index in [2.05, 4.69) is 62.3 Å². The van der Waals surface area contributed by atoms with Gasteiger partial charge in [0.1, 0.15) is 12.1 Å². The largest absolute Gasteiger partial charge is 0.348 e. The van der Waals surface area contributed by atoms with Gasteiger partial charge in [-0.15, -0.1) is 0 Å². The van der Waals surface area contributed by atoms with E-state index in [1.165, 1.54) is 21.5 Å². The molecule has 0 saturated heterocycles. The number of fused-ring (bicyclic) bond motifs is 1. The van der Waals surface area contributed by atoms with Crippen molar-refractivity contribution in [1.82, 2.24) is 14.8 Å². The van der Waals surface area contributed by atoms with Gasteiger partial charge in [-0.25, -0.2) is 9.07 Å². The minimum absolute atomic E-state index is 0.0771. The summed E-state index contributed by atoms with van der Waals surface area (Å²) in [7, 11) is 0. The maximum atomic E-state index is 14.3. The highest BCUT2D eigenvalue weighted by atomic mass is 127. The summed E-state index contributed by atoms with van der Waals surface area (Å²) in [6, 6.07) is 15.1. The molecule has 1 aliphatic rings. The van der Waals surface area contributed by atoms with Gasteiger partial charge in [-0.3, -0.25) is 0 Å². The quantitative estimate of drug-likeness (QED) is 0.633. The van der Waals surface area contributed by atoms with Gasteiger partial charge in [0.25, 0.3) is 0 Å². The Balaban J connectivity index is 1.75. The number of aromatic nitrogens is 3. The number of hydrogen-bond donors (Lipinski definition) is 1. The number of rotatable bonds is 2. The third-order valence-corrected chi connectivity index (χ3v) is 4.89. The fraction of sp³-hybridized carbons (Fsp3) is 0.176. The lowest BCUT2D eigenvalue weighted by molar-refractivity contribution is 0.416. The Morgan fingerprint density at radius 2 is 1.91 bits per heavy atom. The van der Waals surface area contributed by atoms with Crippen LogP contribution in [0.2, 0.25) is 0 Å². The number of benzene rings is 2. The first-order valence-electron chi connectivity index (χ1n) is 7.38. The second-order valence-electron chi connectivity index (χ2n) is 5.55. The van der Waals surface area contributed by atoms with Gasteiger partial charge in [0, 0.05) is 9.13 Å². The van der Waals surface area contributed by atoms with Crippen LogP contribution in [0.5, 0.6) is 0 Å². The number of halogens is 2. The summed E-state index contributed by atoms with van der Waals surface area (Å²) < 4.78 is 17.2. The molecule has 0 unspecified atom stereocenters. The van der Waals surface area contributed by atoms with Gasteiger partial charge in [-0.05, 0) is 52.8 Å². The van der Waals surface area contributed by atoms with Crippen molar-refractivity contribution in [2.45, 2.75) is 18.5 Å². The molecule has 1 aromatic heterocycles. The molecule has 0 radical (unpaired) electrons. The SMILES string of the molecule is Fc1ccccc1[C@@H]1C[C@H](c2ccc(I)cc2)Nc2ncnn21. The van der Waals surface area contributed by atoms with Gasteiger partial charge in [0.15, 0.2) is 0 Å². The van der Waals surface area contributed by atoms with Gasteiger partial charge in [0.05, 0.1) is 12.1 Å². The molecule has 2 atom stereocenters. The zero-order chi connectivity index (χ0) is 15.8. The Bertz CT molecular complexity index is 831. The Morgan fingerprint density at radius 1 is 1.13 bits per heavy atom. The molecule has 3 aromatic rings. The Morgan fingerprint density at radius 3 is 2.70 bits per heavy atom. The standard InChI is InChI=1S/C17H14FIN4/c18-14-4-2-1-3-13(14)16-9-15(11-5-7-12(19)8-6-11)22-17-20-10-21-23(16)17/h1-8,10,15-16H,9H2,(H,20,21,22)/t15-,16+/m1/s1. The normalized spacial score (nSPS) is 19.9. The molecule has 0 bridgehead atoms. The highest BCUT2D eigenvalue weighted by Gasteiger charge is 2.31. The molecule has 4 nitrogen and oxygen atoms in total. The zero-order valence-electron chi connectivity index (χ0n) is 12.2. The molecule has 116 valence electrons. The number of hydrogen-bond acceptors (Lipinski definition) is 3. The first kappa shape index (κ1) is 14.6. The van der Waals surface area contributed by atoms with Crippen molar-refractivity contribution in [2.75, 3.05) is 5.32 Å². The van der Waals surface area contributed by atoms with Crippen molar-refractivity contribution >= 4 is 28.5 Å². The van der Waals surface area contributed by atoms with Gasteiger partial charge >= 0.3 is 0 Å². The van der Waals surface area contributed by atoms with Crippen molar-refractivity contribution in [1.29, 1.82) is 0 Å². The maximum Gasteiger partial charge on any atom is 0.222 e. The van der Waals surface area contributed by atoms with E-state index >= 15 is 0 Å². The molecule has 2 heterocycles. The molecule has 0 spiro atoms. The van der Waals surface area contributed by atoms with Crippen LogP contribution in [0.15, 0.2) is 54.9 Å². The molecule has 0 fully saturated rings. The third kappa shape index (κ3) is 2.71. The summed E-state index contributed by atoms with van der Waals surface area (Å²) in [6.45, 7) is 0. The second kappa shape index (κ2) is 5.92. The fourth-order valence-electron chi connectivity index (χ4n) is 3.04. The average molecular weight is 420 g/mol. The van der Waals surface area contributed by atoms with Crippen LogP contribution in [0.25, 0.3) is 0 Å². The van der Waals surface area contributed by atoms with Crippen LogP contribution in [0.3, 0.4) is 0 Å². The lowest BCUT2D eigenvalue weighted by Crippen LogP contribution is -2.28. The molecule has 0 saturated carbocycles. The first-order chi connectivity index (χ1) is 11.2. The van der Waals surface area contributed by atoms with E-state index in [-0.39, 0.29) is 17.9 Å². The van der Waals surface area contributed by atoms with Crippen molar-refractivity contribution in [2.24, 2.45) is 0 Å². The smallest absolute Gasteiger partial charge is 0.222 e. The molecular formula is C17H14FIN4. The highest BCUT2D eigenvalue weighted by Crippen LogP contribution is 2.38. The molecule has 4 rings (SSSR count). The lowest BCUT2D eigenvalue weighted by Gasteiger charge is -2.32. The van der Waals surface area contributed by atoms with Crippen LogP contribution in [-0.4, -0.2) is 14.8 Å². The van der Waals surface area contributed by atoms with Crippen LogP contribution in [0, 0.1) is 9.39 Å². The van der Waals surface area contributed by atoms with Crippen molar-refractivity contribution in [3.05, 3.63) is 75.4 Å². The van der Waals surface area contributed by atoms with Gasteiger partial charge in [-0.2, -0.15) is 10.1 Å². The van der Waals surface area contributed by atoms with Gasteiger partial charge in [0.2, 0.25) is 5.95 Å². The molecule has 1 aliphatic heterocycles. The average Bonchev–Trinajstić information content (AvgIpc) is 3.04. The summed E-state index contributed by atoms with van der Waals surface area (Å²) in [5, 5.41) is 7.67. The van der Waals surface area contributed by atoms with E-state index in [0.29, 0.717) is 11.5 Å². The van der Waals surface area contributed by atoms with E-state index in [4.69, 9.17) is 0 Å². The second-order valence-corrected chi connectivity index (χ2v) is 6.80. The summed E-state index contributed by atoms with van der Waals surface area (Å²) in [5.41, 5.74) is 1.82. The Kier molecular flexibility index (Phi) is 3.76. The maximum absolute atomic E-state index is 14.3. The summed E-state index contributed by atoms with van der Waals surface area (Å²) in [4.78, 5) is 4.27. The molecule has 6 heteroatoms. The topological polar surface area (TPSA) is 42.7 Å². The van der Waals surface area contributed by atoms with Crippen LogP contribution in [0.4, 0.5) is 10.3 Å². The van der Waals surface area contributed by atoms with Gasteiger partial charge < -0.3 is 5.32 Å². The zero-order valence-corrected chi connectivity index (χ0v) is 14.3. The molecule has 0 aliphatic carbocycles. The fourth-order valence-corrected chi connectivity index (χ4v) is 3.40. The van der Waals surface area contributed by atoms with E-state index in [1.807, 2.05) is 12.1 Å². The number of nitrogens with one attached hydrogen (secondary N) is 1. The summed E-state index contributed by atoms with van der Waals surface area (Å²) in [6.07, 6.45) is 2.23. The molecule has 0 amide bonds. The van der Waals surface area contributed by atoms with Crippen LogP contribution in [0.1, 0.15) is 29.6 Å². The first-order valence-corrected chi connectivity index (χ1v) is 8.46. The number of nitrogens with zero attached hydrogens (tertiary/aromatic N) is 3. The van der Waals surface area contributed by atoms with E-state index in [1.54, 1.807) is 10.7 Å². The lowest BCUT2D eigenvalue weighted by atomic mass is 9.93. The van der Waals surface area contributed by atoms with Crippen LogP contribution in [-0.2, 0) is 0 Å². The number of anilines is 1.